The molecule has 1 aliphatic carbocycles. The van der Waals surface area contributed by atoms with Gasteiger partial charge in [0.05, 0.1) is 19.4 Å². The fourth-order valence-electron chi connectivity index (χ4n) is 6.99. The summed E-state index contributed by atoms with van der Waals surface area (Å²) in [6.45, 7) is 7.57. The van der Waals surface area contributed by atoms with Gasteiger partial charge < -0.3 is 24.1 Å². The molecule has 1 N–H and O–H groups in total. The number of unbranched alkanes of at least 4 members (excludes halogenated alkanes) is 7. The Morgan fingerprint density at radius 2 is 1.55 bits per heavy atom. The highest BCUT2D eigenvalue weighted by atomic mass is 17.3. The van der Waals surface area contributed by atoms with Crippen molar-refractivity contribution < 1.29 is 43.4 Å². The van der Waals surface area contributed by atoms with Crippen molar-refractivity contribution in [3.05, 3.63) is 0 Å². The molecule has 4 saturated heterocycles. The monoisotopic (exact) mass is 540 g/mol. The Kier molecular flexibility index (Phi) is 10.5. The lowest BCUT2D eigenvalue weighted by atomic mass is 9.58. The van der Waals surface area contributed by atoms with Crippen molar-refractivity contribution in [1.82, 2.24) is 0 Å². The van der Waals surface area contributed by atoms with Gasteiger partial charge in [-0.25, -0.2) is 9.78 Å². The second-order valence-corrected chi connectivity index (χ2v) is 12.1. The Bertz CT molecular complexity index is 790. The van der Waals surface area contributed by atoms with Crippen molar-refractivity contribution >= 4 is 11.9 Å². The van der Waals surface area contributed by atoms with Gasteiger partial charge in [0.2, 0.25) is 5.79 Å². The summed E-state index contributed by atoms with van der Waals surface area (Å²) >= 11 is 0. The van der Waals surface area contributed by atoms with E-state index in [2.05, 4.69) is 13.8 Å². The van der Waals surface area contributed by atoms with Crippen molar-refractivity contribution in [1.29, 1.82) is 0 Å². The molecule has 2 bridgehead atoms. The molecule has 1 saturated carbocycles. The molecule has 1 spiro atoms. The molecule has 0 radical (unpaired) electrons. The van der Waals surface area contributed by atoms with Crippen molar-refractivity contribution in [2.45, 2.75) is 135 Å². The molecule has 4 aliphatic heterocycles. The van der Waals surface area contributed by atoms with Gasteiger partial charge in [-0.05, 0) is 50.9 Å². The Labute approximate surface area is 227 Å². The van der Waals surface area contributed by atoms with Crippen LogP contribution in [0.15, 0.2) is 0 Å². The van der Waals surface area contributed by atoms with Crippen LogP contribution < -0.4 is 0 Å². The fraction of sp³-hybridized carbons (Fsp3) is 0.931. The van der Waals surface area contributed by atoms with Crippen LogP contribution in [0.2, 0.25) is 0 Å². The summed E-state index contributed by atoms with van der Waals surface area (Å²) < 4.78 is 24.2. The maximum Gasteiger partial charge on any atom is 0.306 e. The highest BCUT2D eigenvalue weighted by Crippen LogP contribution is 2.60. The van der Waals surface area contributed by atoms with Crippen LogP contribution in [-0.2, 0) is 38.3 Å². The molecule has 5 rings (SSSR count). The summed E-state index contributed by atoms with van der Waals surface area (Å²) in [5, 5.41) is 8.57. The molecule has 0 aromatic carbocycles. The third-order valence-corrected chi connectivity index (χ3v) is 9.22. The van der Waals surface area contributed by atoms with Crippen LogP contribution in [0, 0.1) is 23.7 Å². The molecule has 9 heteroatoms. The summed E-state index contributed by atoms with van der Waals surface area (Å²) in [4.78, 5) is 33.9. The minimum absolute atomic E-state index is 0.0525. The number of rotatable bonds is 15. The second kappa shape index (κ2) is 13.4. The Morgan fingerprint density at radius 3 is 2.26 bits per heavy atom. The number of carbonyl (C=O) groups excluding carboxylic acids is 1. The normalized spacial score (nSPS) is 37.9. The lowest BCUT2D eigenvalue weighted by molar-refractivity contribution is -0.577. The van der Waals surface area contributed by atoms with Crippen LogP contribution >= 0.6 is 0 Å². The molecule has 0 amide bonds. The standard InChI is InChI=1S/C29H48O9/c1-20-12-13-23-21(2)26(35-27-29(23)22(20)16-17-28(3,36-27)37-38-29)34-19-11-9-7-5-4-6-8-10-18-33-25(32)15-14-24(30)31/h20-23,26-27H,4-19H2,1-3H3,(H,30,31)/t20-,21-,22+,23+,26+,27-,28-,29-/m1/s1. The van der Waals surface area contributed by atoms with Gasteiger partial charge >= 0.3 is 11.9 Å². The molecule has 8 atom stereocenters. The first-order valence-electron chi connectivity index (χ1n) is 14.9. The summed E-state index contributed by atoms with van der Waals surface area (Å²) in [7, 11) is 0. The summed E-state index contributed by atoms with van der Waals surface area (Å²) in [6.07, 6.45) is 11.8. The Morgan fingerprint density at radius 1 is 0.868 bits per heavy atom. The highest BCUT2D eigenvalue weighted by Gasteiger charge is 2.69. The number of fused-ring (bicyclic) bond motifs is 2. The molecule has 4 heterocycles. The van der Waals surface area contributed by atoms with E-state index in [9.17, 15) is 9.59 Å². The van der Waals surface area contributed by atoms with E-state index >= 15 is 0 Å². The minimum atomic E-state index is -0.976. The van der Waals surface area contributed by atoms with Crippen molar-refractivity contribution in [2.75, 3.05) is 13.2 Å². The van der Waals surface area contributed by atoms with Crippen LogP contribution in [0.3, 0.4) is 0 Å². The fourth-order valence-corrected chi connectivity index (χ4v) is 6.99. The SMILES string of the molecule is C[C@H]1[C@@H](OCCCCCCCCCCOC(=O)CCC(=O)O)O[C@@H]2O[C@@]3(C)CC[C@H]4[C@H](C)CC[C@@H]1[C@@]24OO3. The molecule has 5 aliphatic rings. The number of carboxylic acids is 1. The molecule has 38 heavy (non-hydrogen) atoms. The summed E-state index contributed by atoms with van der Waals surface area (Å²) in [5.41, 5.74) is -0.533. The first-order chi connectivity index (χ1) is 18.2. The second-order valence-electron chi connectivity index (χ2n) is 12.1. The maximum atomic E-state index is 11.4. The number of ether oxygens (including phenoxy) is 4. The minimum Gasteiger partial charge on any atom is -0.481 e. The van der Waals surface area contributed by atoms with E-state index in [-0.39, 0.29) is 25.0 Å². The van der Waals surface area contributed by atoms with Crippen LogP contribution in [0.5, 0.6) is 0 Å². The summed E-state index contributed by atoms with van der Waals surface area (Å²) in [6, 6.07) is 0. The lowest BCUT2D eigenvalue weighted by Gasteiger charge is -2.60. The van der Waals surface area contributed by atoms with Gasteiger partial charge in [0, 0.05) is 24.9 Å². The van der Waals surface area contributed by atoms with Gasteiger partial charge in [-0.15, -0.1) is 0 Å². The van der Waals surface area contributed by atoms with Crippen LogP contribution in [-0.4, -0.2) is 54.2 Å². The molecule has 0 aromatic rings. The van der Waals surface area contributed by atoms with Gasteiger partial charge in [0.1, 0.15) is 0 Å². The van der Waals surface area contributed by atoms with E-state index in [4.69, 9.17) is 33.8 Å². The maximum absolute atomic E-state index is 11.4. The number of hydrogen-bond donors (Lipinski definition) is 1. The van der Waals surface area contributed by atoms with Crippen molar-refractivity contribution in [3.63, 3.8) is 0 Å². The first kappa shape index (κ1) is 29.7. The van der Waals surface area contributed by atoms with E-state index in [0.29, 0.717) is 31.0 Å². The zero-order valence-corrected chi connectivity index (χ0v) is 23.5. The smallest absolute Gasteiger partial charge is 0.306 e. The van der Waals surface area contributed by atoms with Gasteiger partial charge in [-0.2, -0.15) is 0 Å². The predicted octanol–water partition coefficient (Wildman–Crippen LogP) is 5.74. The topological polar surface area (TPSA) is 110 Å². The van der Waals surface area contributed by atoms with E-state index in [1.807, 2.05) is 6.92 Å². The molecular weight excluding hydrogens is 492 g/mol. The van der Waals surface area contributed by atoms with E-state index in [1.54, 1.807) is 0 Å². The van der Waals surface area contributed by atoms with Gasteiger partial charge in [0.15, 0.2) is 18.2 Å². The lowest BCUT2D eigenvalue weighted by Crippen LogP contribution is -2.70. The van der Waals surface area contributed by atoms with E-state index < -0.39 is 29.6 Å². The molecule has 5 fully saturated rings. The van der Waals surface area contributed by atoms with E-state index in [1.165, 1.54) is 25.7 Å². The number of aliphatic carboxylic acids is 1. The first-order valence-corrected chi connectivity index (χ1v) is 14.9. The average Bonchev–Trinajstić information content (AvgIpc) is 3.12. The molecule has 218 valence electrons. The highest BCUT2D eigenvalue weighted by molar-refractivity contribution is 5.76. The van der Waals surface area contributed by atoms with E-state index in [0.717, 1.165) is 51.4 Å². The number of hydrogen-bond acceptors (Lipinski definition) is 8. The van der Waals surface area contributed by atoms with Gasteiger partial charge in [0.25, 0.3) is 0 Å². The number of esters is 1. The molecular formula is C29H48O9. The largest absolute Gasteiger partial charge is 0.481 e. The quantitative estimate of drug-likeness (QED) is 0.158. The average molecular weight is 541 g/mol. The van der Waals surface area contributed by atoms with Gasteiger partial charge in [-0.3, -0.25) is 9.59 Å². The molecule has 9 nitrogen and oxygen atoms in total. The predicted molar refractivity (Wildman–Crippen MR) is 138 cm³/mol. The zero-order chi connectivity index (χ0) is 27.2. The third-order valence-electron chi connectivity index (χ3n) is 9.22. The van der Waals surface area contributed by atoms with Crippen LogP contribution in [0.4, 0.5) is 0 Å². The third kappa shape index (κ3) is 6.89. The zero-order valence-electron chi connectivity index (χ0n) is 23.5. The number of carboxylic acid groups (broad SMARTS) is 1. The Balaban J connectivity index is 1.08. The Hall–Kier alpha value is -1.26. The van der Waals surface area contributed by atoms with Crippen LogP contribution in [0.25, 0.3) is 0 Å². The number of carbonyl (C=O) groups is 2. The van der Waals surface area contributed by atoms with Crippen molar-refractivity contribution in [2.24, 2.45) is 23.7 Å². The molecule has 0 unspecified atom stereocenters. The molecule has 0 aromatic heterocycles. The van der Waals surface area contributed by atoms with Crippen LogP contribution in [0.1, 0.15) is 111 Å². The van der Waals surface area contributed by atoms with Gasteiger partial charge in [-0.1, -0.05) is 52.4 Å². The van der Waals surface area contributed by atoms with Crippen molar-refractivity contribution in [3.8, 4) is 0 Å². The summed E-state index contributed by atoms with van der Waals surface area (Å²) in [5.74, 6) is -0.715.